The van der Waals surface area contributed by atoms with Gasteiger partial charge in [-0.25, -0.2) is 4.79 Å². The van der Waals surface area contributed by atoms with Gasteiger partial charge in [0.05, 0.1) is 19.0 Å². The number of ether oxygens (including phenoxy) is 1. The predicted octanol–water partition coefficient (Wildman–Crippen LogP) is 2.53. The van der Waals surface area contributed by atoms with Crippen LogP contribution in [0.2, 0.25) is 0 Å². The van der Waals surface area contributed by atoms with Crippen molar-refractivity contribution in [2.75, 3.05) is 18.6 Å². The summed E-state index contributed by atoms with van der Waals surface area (Å²) in [5.41, 5.74) is 1.72. The van der Waals surface area contributed by atoms with Crippen molar-refractivity contribution in [3.05, 3.63) is 53.6 Å². The first-order chi connectivity index (χ1) is 15.6. The van der Waals surface area contributed by atoms with Crippen molar-refractivity contribution in [3.63, 3.8) is 0 Å². The Balaban J connectivity index is 0.000000555. The van der Waals surface area contributed by atoms with Crippen LogP contribution >= 0.6 is 0 Å². The molecule has 0 radical (unpaired) electrons. The van der Waals surface area contributed by atoms with E-state index < -0.39 is 20.9 Å². The van der Waals surface area contributed by atoms with E-state index in [9.17, 15) is 14.4 Å². The van der Waals surface area contributed by atoms with Gasteiger partial charge in [0, 0.05) is 18.5 Å². The molecule has 3 amide bonds. The number of nitrogens with zero attached hydrogens (tertiary/aromatic N) is 3. The summed E-state index contributed by atoms with van der Waals surface area (Å²) in [6, 6.07) is 11.5. The number of aromatic nitrogens is 1. The van der Waals surface area contributed by atoms with Crippen molar-refractivity contribution in [2.45, 2.75) is 13.0 Å². The van der Waals surface area contributed by atoms with Crippen molar-refractivity contribution in [3.8, 4) is 5.75 Å². The van der Waals surface area contributed by atoms with E-state index in [0.29, 0.717) is 34.4 Å². The number of hydrogen-bond acceptors (Lipinski definition) is 10. The van der Waals surface area contributed by atoms with Crippen molar-refractivity contribution in [1.82, 2.24) is 10.1 Å². The number of imide groups is 1. The van der Waals surface area contributed by atoms with E-state index in [0.717, 1.165) is 5.56 Å². The molecule has 1 aliphatic rings. The second kappa shape index (κ2) is 9.75. The SMILES string of the molecule is COc1ccc(CN2C(=O)CCN(c3noc4ccc(C=O)cc34)C2=O)cc1.[O]=[Os](=[O])(=[O])=[O]. The van der Waals surface area contributed by atoms with Gasteiger partial charge in [0.2, 0.25) is 5.91 Å². The van der Waals surface area contributed by atoms with E-state index in [1.165, 1.54) is 9.80 Å². The zero-order chi connectivity index (χ0) is 24.2. The Morgan fingerprint density at radius 3 is 2.36 bits per heavy atom. The molecule has 0 unspecified atom stereocenters. The topological polar surface area (TPSA) is 161 Å². The van der Waals surface area contributed by atoms with Crippen molar-refractivity contribution >= 4 is 35.0 Å². The number of anilines is 1. The van der Waals surface area contributed by atoms with E-state index >= 15 is 0 Å². The van der Waals surface area contributed by atoms with Gasteiger partial charge < -0.3 is 9.26 Å². The Bertz CT molecular complexity index is 1410. The number of aldehydes is 1. The van der Waals surface area contributed by atoms with E-state index in [1.807, 2.05) is 0 Å². The molecule has 0 saturated carbocycles. The van der Waals surface area contributed by atoms with E-state index in [2.05, 4.69) is 5.16 Å². The Morgan fingerprint density at radius 2 is 1.76 bits per heavy atom. The third-order valence-corrected chi connectivity index (χ3v) is 4.68. The average Bonchev–Trinajstić information content (AvgIpc) is 3.19. The number of fused-ring (bicyclic) bond motifs is 1. The van der Waals surface area contributed by atoms with Crippen molar-refractivity contribution in [2.24, 2.45) is 0 Å². The minimum absolute atomic E-state index is 0.146. The molecule has 1 fully saturated rings. The third kappa shape index (κ3) is 5.90. The summed E-state index contributed by atoms with van der Waals surface area (Å²) in [4.78, 5) is 39.1. The molecule has 174 valence electrons. The van der Waals surface area contributed by atoms with Crippen LogP contribution in [-0.4, -0.2) is 41.9 Å². The number of methoxy groups -OCH3 is 1. The first-order valence-electron chi connectivity index (χ1n) is 9.28. The maximum absolute atomic E-state index is 13.0. The zero-order valence-electron chi connectivity index (χ0n) is 17.1. The molecule has 13 heteroatoms. The molecule has 2 heterocycles. The van der Waals surface area contributed by atoms with Gasteiger partial charge in [0.15, 0.2) is 11.4 Å². The monoisotopic (exact) mass is 635 g/mol. The zero-order valence-corrected chi connectivity index (χ0v) is 19.6. The molecular formula is C20H17N3O9Os. The maximum atomic E-state index is 13.0. The van der Waals surface area contributed by atoms with Gasteiger partial charge in [-0.15, -0.1) is 0 Å². The van der Waals surface area contributed by atoms with E-state index in [1.54, 1.807) is 49.6 Å². The molecule has 0 spiro atoms. The number of carbonyl (C=O) groups is 3. The molecule has 3 aromatic rings. The van der Waals surface area contributed by atoms with Crippen LogP contribution in [0.25, 0.3) is 11.0 Å². The van der Waals surface area contributed by atoms with Gasteiger partial charge in [-0.2, -0.15) is 0 Å². The van der Waals surface area contributed by atoms with Crippen LogP contribution < -0.4 is 9.64 Å². The van der Waals surface area contributed by atoms with Gasteiger partial charge in [-0.05, 0) is 35.9 Å². The standard InChI is InChI=1S/C20H17N3O5.4O.Os/c1-27-15-5-2-13(3-6-15)11-23-18(25)8-9-22(20(23)26)19-16-10-14(12-24)4-7-17(16)28-21-19;;;;;/h2-7,10,12H,8-9,11H2,1H3;;;;;. The molecule has 0 N–H and O–H groups in total. The first-order valence-corrected chi connectivity index (χ1v) is 13.4. The summed E-state index contributed by atoms with van der Waals surface area (Å²) in [5, 5.41) is 4.55. The fraction of sp³-hybridized carbons (Fsp3) is 0.200. The second-order valence-electron chi connectivity index (χ2n) is 6.75. The molecule has 1 saturated heterocycles. The number of hydrogen-bond donors (Lipinski definition) is 0. The van der Waals surface area contributed by atoms with E-state index in [-0.39, 0.29) is 25.4 Å². The summed E-state index contributed by atoms with van der Waals surface area (Å²) in [5.74, 6) is 0.746. The van der Waals surface area contributed by atoms with Gasteiger partial charge in [-0.1, -0.05) is 17.3 Å². The molecule has 33 heavy (non-hydrogen) atoms. The summed E-state index contributed by atoms with van der Waals surface area (Å²) in [6.07, 6.45) is 0.886. The molecule has 1 aromatic heterocycles. The van der Waals surface area contributed by atoms with Crippen LogP contribution in [0.5, 0.6) is 5.75 Å². The number of amides is 3. The normalized spacial score (nSPS) is 14.1. The third-order valence-electron chi connectivity index (χ3n) is 4.68. The van der Waals surface area contributed by atoms with E-state index in [4.69, 9.17) is 23.4 Å². The van der Waals surface area contributed by atoms with Crippen LogP contribution in [0.4, 0.5) is 10.6 Å². The molecule has 0 aliphatic carbocycles. The number of carbonyl (C=O) groups excluding carboxylic acids is 3. The fourth-order valence-corrected chi connectivity index (χ4v) is 3.17. The number of rotatable bonds is 5. The molecule has 0 bridgehead atoms. The Kier molecular flexibility index (Phi) is 7.03. The van der Waals surface area contributed by atoms with Crippen LogP contribution in [-0.2, 0) is 40.3 Å². The van der Waals surface area contributed by atoms with Crippen LogP contribution in [0.1, 0.15) is 22.3 Å². The number of benzene rings is 2. The quantitative estimate of drug-likeness (QED) is 0.382. The second-order valence-corrected chi connectivity index (χ2v) is 9.29. The Labute approximate surface area is 188 Å². The molecule has 12 nitrogen and oxygen atoms in total. The van der Waals surface area contributed by atoms with Gasteiger partial charge >= 0.3 is 35.0 Å². The summed E-state index contributed by atoms with van der Waals surface area (Å²) >= 11 is -6.06. The predicted molar refractivity (Wildman–Crippen MR) is 103 cm³/mol. The Hall–Kier alpha value is -3.84. The molecule has 1 aliphatic heterocycles. The minimum atomic E-state index is -6.06. The fourth-order valence-electron chi connectivity index (χ4n) is 3.17. The molecule has 4 rings (SSSR count). The summed E-state index contributed by atoms with van der Waals surface area (Å²) in [7, 11) is 1.57. The molecular weight excluding hydrogens is 616 g/mol. The first kappa shape index (κ1) is 23.8. The summed E-state index contributed by atoms with van der Waals surface area (Å²) < 4.78 is 44.9. The molecule has 0 atom stereocenters. The number of urea groups is 1. The Morgan fingerprint density at radius 1 is 1.09 bits per heavy atom. The van der Waals surface area contributed by atoms with Gasteiger partial charge in [0.1, 0.15) is 12.0 Å². The van der Waals surface area contributed by atoms with Gasteiger partial charge in [0.25, 0.3) is 0 Å². The average molecular weight is 634 g/mol. The molecule has 2 aromatic carbocycles. The van der Waals surface area contributed by atoms with Gasteiger partial charge in [-0.3, -0.25) is 19.4 Å². The summed E-state index contributed by atoms with van der Waals surface area (Å²) in [6.45, 7) is 0.345. The van der Waals surface area contributed by atoms with Crippen LogP contribution in [0.15, 0.2) is 47.0 Å². The van der Waals surface area contributed by atoms with Crippen molar-refractivity contribution in [1.29, 1.82) is 0 Å². The van der Waals surface area contributed by atoms with Crippen LogP contribution in [0, 0.1) is 0 Å². The van der Waals surface area contributed by atoms with Crippen molar-refractivity contribution < 1.29 is 52.6 Å². The van der Waals surface area contributed by atoms with Crippen LogP contribution in [0.3, 0.4) is 0 Å².